The molecule has 5 nitrogen and oxygen atoms in total. The van der Waals surface area contributed by atoms with Gasteiger partial charge in [-0.2, -0.15) is 11.8 Å². The molecule has 0 aliphatic heterocycles. The Kier molecular flexibility index (Phi) is 4.42. The second kappa shape index (κ2) is 5.60. The van der Waals surface area contributed by atoms with Gasteiger partial charge in [0.15, 0.2) is 0 Å². The maximum atomic E-state index is 11.0. The summed E-state index contributed by atoms with van der Waals surface area (Å²) >= 11 is 1.72. The van der Waals surface area contributed by atoms with Gasteiger partial charge in [0.1, 0.15) is 11.5 Å². The summed E-state index contributed by atoms with van der Waals surface area (Å²) in [5.74, 6) is 0.889. The normalized spacial score (nSPS) is 12.1. The van der Waals surface area contributed by atoms with Crippen molar-refractivity contribution in [2.45, 2.75) is 13.0 Å². The van der Waals surface area contributed by atoms with Crippen molar-refractivity contribution < 1.29 is 4.79 Å². The van der Waals surface area contributed by atoms with Crippen molar-refractivity contribution in [3.8, 4) is 0 Å². The van der Waals surface area contributed by atoms with Gasteiger partial charge in [0, 0.05) is 11.8 Å². The Morgan fingerprint density at radius 1 is 1.62 bits per heavy atom. The maximum Gasteiger partial charge on any atom is 0.267 e. The number of nitrogens with one attached hydrogen (secondary N) is 1. The average Bonchev–Trinajstić information content (AvgIpc) is 2.21. The average molecular weight is 240 g/mol. The van der Waals surface area contributed by atoms with E-state index in [1.807, 2.05) is 13.2 Å². The molecule has 0 fully saturated rings. The van der Waals surface area contributed by atoms with Crippen molar-refractivity contribution in [2.75, 3.05) is 23.1 Å². The lowest BCUT2D eigenvalue weighted by molar-refractivity contribution is 0.0995. The molecule has 1 unspecified atom stereocenters. The summed E-state index contributed by atoms with van der Waals surface area (Å²) in [6.45, 7) is 2.02. The molecule has 88 valence electrons. The van der Waals surface area contributed by atoms with Crippen LogP contribution in [0.2, 0.25) is 0 Å². The minimum atomic E-state index is -0.555. The number of carbonyl (C=O) groups is 1. The summed E-state index contributed by atoms with van der Waals surface area (Å²) in [4.78, 5) is 15.0. The molecule has 5 N–H and O–H groups in total. The summed E-state index contributed by atoms with van der Waals surface area (Å²) < 4.78 is 0. The molecule has 0 bridgehead atoms. The van der Waals surface area contributed by atoms with Crippen LogP contribution in [0.5, 0.6) is 0 Å². The van der Waals surface area contributed by atoms with Gasteiger partial charge in [-0.25, -0.2) is 4.98 Å². The van der Waals surface area contributed by atoms with Crippen molar-refractivity contribution in [3.63, 3.8) is 0 Å². The smallest absolute Gasteiger partial charge is 0.267 e. The summed E-state index contributed by atoms with van der Waals surface area (Å²) in [7, 11) is 0. The standard InChI is InChI=1S/C10H16N4OS/c1-6(5-16-2)13-10-7(11)3-4-8(14-10)9(12)15/h3-4,6H,5,11H2,1-2H3,(H2,12,15)(H,13,14). The zero-order valence-electron chi connectivity index (χ0n) is 9.36. The molecule has 1 heterocycles. The van der Waals surface area contributed by atoms with Crippen molar-refractivity contribution in [3.05, 3.63) is 17.8 Å². The zero-order valence-corrected chi connectivity index (χ0v) is 10.2. The Balaban J connectivity index is 2.85. The number of amides is 1. The van der Waals surface area contributed by atoms with Crippen molar-refractivity contribution in [2.24, 2.45) is 5.73 Å². The summed E-state index contributed by atoms with van der Waals surface area (Å²) in [6.07, 6.45) is 2.02. The van der Waals surface area contributed by atoms with E-state index in [9.17, 15) is 4.79 Å². The first-order chi connectivity index (χ1) is 7.54. The number of pyridine rings is 1. The van der Waals surface area contributed by atoms with E-state index < -0.39 is 5.91 Å². The van der Waals surface area contributed by atoms with Gasteiger partial charge in [0.25, 0.3) is 5.91 Å². The highest BCUT2D eigenvalue weighted by Gasteiger charge is 2.09. The number of aromatic nitrogens is 1. The molecule has 1 aromatic heterocycles. The number of carbonyl (C=O) groups excluding carboxylic acids is 1. The fourth-order valence-electron chi connectivity index (χ4n) is 1.25. The zero-order chi connectivity index (χ0) is 12.1. The Labute approximate surface area is 99.0 Å². The third-order valence-corrected chi connectivity index (χ3v) is 2.81. The molecule has 0 spiro atoms. The molecule has 0 aliphatic rings. The third-order valence-electron chi connectivity index (χ3n) is 1.98. The predicted octanol–water partition coefficient (Wildman–Crippen LogP) is 0.926. The van der Waals surface area contributed by atoms with Crippen molar-refractivity contribution in [1.29, 1.82) is 0 Å². The topological polar surface area (TPSA) is 94.0 Å². The minimum absolute atomic E-state index is 0.216. The van der Waals surface area contributed by atoms with Crippen LogP contribution in [0.4, 0.5) is 11.5 Å². The first-order valence-corrected chi connectivity index (χ1v) is 6.25. The maximum absolute atomic E-state index is 11.0. The van der Waals surface area contributed by atoms with Crippen LogP contribution in [0.3, 0.4) is 0 Å². The van der Waals surface area contributed by atoms with E-state index in [2.05, 4.69) is 10.3 Å². The van der Waals surface area contributed by atoms with Gasteiger partial charge in [0.05, 0.1) is 5.69 Å². The fraction of sp³-hybridized carbons (Fsp3) is 0.400. The van der Waals surface area contributed by atoms with Gasteiger partial charge < -0.3 is 16.8 Å². The third kappa shape index (κ3) is 3.30. The van der Waals surface area contributed by atoms with Gasteiger partial charge in [0.2, 0.25) is 0 Å². The largest absolute Gasteiger partial charge is 0.396 e. The molecule has 0 saturated heterocycles. The lowest BCUT2D eigenvalue weighted by Gasteiger charge is -2.15. The van der Waals surface area contributed by atoms with Gasteiger partial charge in [-0.15, -0.1) is 0 Å². The van der Waals surface area contributed by atoms with E-state index in [0.29, 0.717) is 11.5 Å². The molecule has 0 aliphatic carbocycles. The van der Waals surface area contributed by atoms with Gasteiger partial charge in [-0.1, -0.05) is 0 Å². The first-order valence-electron chi connectivity index (χ1n) is 4.86. The van der Waals surface area contributed by atoms with Crippen LogP contribution in [0, 0.1) is 0 Å². The predicted molar refractivity (Wildman–Crippen MR) is 68.6 cm³/mol. The minimum Gasteiger partial charge on any atom is -0.396 e. The molecule has 1 rings (SSSR count). The number of nitrogens with zero attached hydrogens (tertiary/aromatic N) is 1. The van der Waals surface area contributed by atoms with E-state index in [4.69, 9.17) is 11.5 Å². The first kappa shape index (κ1) is 12.6. The molecule has 0 saturated carbocycles. The summed E-state index contributed by atoms with van der Waals surface area (Å²) in [6, 6.07) is 3.37. The van der Waals surface area contributed by atoms with Gasteiger partial charge in [-0.3, -0.25) is 4.79 Å². The van der Waals surface area contributed by atoms with Crippen molar-refractivity contribution >= 4 is 29.2 Å². The number of rotatable bonds is 5. The van der Waals surface area contributed by atoms with Crippen LogP contribution in [0.1, 0.15) is 17.4 Å². The number of thioether (sulfide) groups is 1. The lowest BCUT2D eigenvalue weighted by Crippen LogP contribution is -2.21. The summed E-state index contributed by atoms with van der Waals surface area (Å²) in [5.41, 5.74) is 11.6. The molecule has 16 heavy (non-hydrogen) atoms. The van der Waals surface area contributed by atoms with Crippen LogP contribution in [0.15, 0.2) is 12.1 Å². The molecular weight excluding hydrogens is 224 g/mol. The Hall–Kier alpha value is -1.43. The number of primary amides is 1. The molecule has 0 aromatic carbocycles. The Morgan fingerprint density at radius 3 is 2.88 bits per heavy atom. The molecule has 1 atom stereocenters. The molecule has 6 heteroatoms. The number of hydrogen-bond donors (Lipinski definition) is 3. The van der Waals surface area contributed by atoms with Crippen LogP contribution in [-0.4, -0.2) is 28.9 Å². The van der Waals surface area contributed by atoms with Crippen LogP contribution >= 0.6 is 11.8 Å². The number of hydrogen-bond acceptors (Lipinski definition) is 5. The highest BCUT2D eigenvalue weighted by molar-refractivity contribution is 7.98. The molecule has 0 radical (unpaired) electrons. The van der Waals surface area contributed by atoms with E-state index in [1.54, 1.807) is 17.8 Å². The molecule has 1 amide bonds. The monoisotopic (exact) mass is 240 g/mol. The number of nitrogens with two attached hydrogens (primary N) is 2. The SMILES string of the molecule is CSCC(C)Nc1nc(C(N)=O)ccc1N. The molecular formula is C10H16N4OS. The quantitative estimate of drug-likeness (QED) is 0.711. The second-order valence-corrected chi connectivity index (χ2v) is 4.41. The van der Waals surface area contributed by atoms with E-state index >= 15 is 0 Å². The molecule has 1 aromatic rings. The van der Waals surface area contributed by atoms with Crippen LogP contribution in [-0.2, 0) is 0 Å². The highest BCUT2D eigenvalue weighted by atomic mass is 32.2. The Morgan fingerprint density at radius 2 is 2.31 bits per heavy atom. The number of anilines is 2. The Bertz CT molecular complexity index is 383. The van der Waals surface area contributed by atoms with Crippen LogP contribution in [0.25, 0.3) is 0 Å². The van der Waals surface area contributed by atoms with Crippen LogP contribution < -0.4 is 16.8 Å². The summed E-state index contributed by atoms with van der Waals surface area (Å²) in [5, 5.41) is 3.14. The van der Waals surface area contributed by atoms with Gasteiger partial charge >= 0.3 is 0 Å². The van der Waals surface area contributed by atoms with Gasteiger partial charge in [-0.05, 0) is 25.3 Å². The number of nitrogen functional groups attached to an aromatic ring is 1. The lowest BCUT2D eigenvalue weighted by atomic mass is 10.3. The fourth-order valence-corrected chi connectivity index (χ4v) is 1.83. The second-order valence-electron chi connectivity index (χ2n) is 3.50. The van der Waals surface area contributed by atoms with E-state index in [1.165, 1.54) is 6.07 Å². The van der Waals surface area contributed by atoms with E-state index in [0.717, 1.165) is 5.75 Å². The van der Waals surface area contributed by atoms with Crippen molar-refractivity contribution in [1.82, 2.24) is 4.98 Å². The van der Waals surface area contributed by atoms with E-state index in [-0.39, 0.29) is 11.7 Å². The highest BCUT2D eigenvalue weighted by Crippen LogP contribution is 2.17.